The topological polar surface area (TPSA) is 66.6 Å². The van der Waals surface area contributed by atoms with Crippen molar-refractivity contribution < 1.29 is 22.8 Å². The fraction of sp³-hybridized carbons (Fsp3) is 0.500. The van der Waals surface area contributed by atoms with Crippen LogP contribution >= 0.6 is 0 Å². The maximum Gasteiger partial charge on any atom is 0.408 e. The number of primary amides is 1. The molecular formula is C16H20F3N3O2. The van der Waals surface area contributed by atoms with Gasteiger partial charge in [0.25, 0.3) is 5.91 Å². The molecule has 1 fully saturated rings. The quantitative estimate of drug-likeness (QED) is 0.913. The number of rotatable bonds is 3. The molecule has 2 N–H and O–H groups in total. The van der Waals surface area contributed by atoms with Crippen molar-refractivity contribution >= 4 is 17.5 Å². The minimum atomic E-state index is -4.54. The third kappa shape index (κ3) is 3.80. The predicted octanol–water partition coefficient (Wildman–Crippen LogP) is 2.02. The highest BCUT2D eigenvalue weighted by Crippen LogP contribution is 2.34. The van der Waals surface area contributed by atoms with E-state index in [0.717, 1.165) is 4.90 Å². The molecule has 0 bridgehead atoms. The lowest BCUT2D eigenvalue weighted by atomic mass is 9.91. The third-order valence-electron chi connectivity index (χ3n) is 4.23. The van der Waals surface area contributed by atoms with Crippen molar-refractivity contribution in [2.75, 3.05) is 25.5 Å². The van der Waals surface area contributed by atoms with Gasteiger partial charge in [0.2, 0.25) is 5.91 Å². The maximum absolute atomic E-state index is 13.3. The number of halogens is 3. The molecule has 1 aromatic carbocycles. The Morgan fingerprint density at radius 3 is 2.46 bits per heavy atom. The minimum absolute atomic E-state index is 0.0288. The van der Waals surface area contributed by atoms with Gasteiger partial charge in [-0.15, -0.1) is 0 Å². The maximum atomic E-state index is 13.3. The Kier molecular flexibility index (Phi) is 5.05. The number of piperidine rings is 1. The molecule has 2 amide bonds. The lowest BCUT2D eigenvalue weighted by Gasteiger charge is -2.39. The van der Waals surface area contributed by atoms with Crippen LogP contribution in [0.2, 0.25) is 0 Å². The summed E-state index contributed by atoms with van der Waals surface area (Å²) in [6.07, 6.45) is -4.84. The molecule has 0 spiro atoms. The van der Waals surface area contributed by atoms with Gasteiger partial charge in [0, 0.05) is 31.9 Å². The lowest BCUT2D eigenvalue weighted by Crippen LogP contribution is -2.55. The van der Waals surface area contributed by atoms with Gasteiger partial charge in [0.1, 0.15) is 6.04 Å². The van der Waals surface area contributed by atoms with E-state index in [0.29, 0.717) is 5.69 Å². The standard InChI is InChI=1S/C16H20F3N3O2/c1-21(2)12-5-3-4-10(8-12)15(24)22-9-11(14(20)23)6-7-13(22)16(17,18)19/h3-5,8,11,13H,6-7,9H2,1-2H3,(H2,20,23)/t11-,13+/m1/s1. The molecule has 1 aliphatic heterocycles. The number of nitrogens with zero attached hydrogens (tertiary/aromatic N) is 2. The molecule has 132 valence electrons. The van der Waals surface area contributed by atoms with E-state index in [4.69, 9.17) is 5.73 Å². The van der Waals surface area contributed by atoms with Crippen molar-refractivity contribution in [1.29, 1.82) is 0 Å². The summed E-state index contributed by atoms with van der Waals surface area (Å²) in [6, 6.07) is 4.46. The largest absolute Gasteiger partial charge is 0.408 e. The molecule has 2 atom stereocenters. The van der Waals surface area contributed by atoms with Crippen LogP contribution in [0.1, 0.15) is 23.2 Å². The molecule has 2 rings (SSSR count). The van der Waals surface area contributed by atoms with Crippen LogP contribution in [0.5, 0.6) is 0 Å². The Morgan fingerprint density at radius 2 is 1.92 bits per heavy atom. The zero-order valence-electron chi connectivity index (χ0n) is 13.5. The van der Waals surface area contributed by atoms with Crippen LogP contribution in [0, 0.1) is 5.92 Å². The number of amides is 2. The summed E-state index contributed by atoms with van der Waals surface area (Å²) in [5.74, 6) is -2.19. The minimum Gasteiger partial charge on any atom is -0.378 e. The van der Waals surface area contributed by atoms with Crippen LogP contribution in [-0.2, 0) is 4.79 Å². The molecule has 0 unspecified atom stereocenters. The van der Waals surface area contributed by atoms with Crippen molar-refractivity contribution in [3.63, 3.8) is 0 Å². The van der Waals surface area contributed by atoms with Gasteiger partial charge in [0.15, 0.2) is 0 Å². The Labute approximate surface area is 138 Å². The van der Waals surface area contributed by atoms with Crippen molar-refractivity contribution in [3.05, 3.63) is 29.8 Å². The SMILES string of the molecule is CN(C)c1cccc(C(=O)N2C[C@H](C(N)=O)CC[C@H]2C(F)(F)F)c1. The number of hydrogen-bond donors (Lipinski definition) is 1. The first kappa shape index (κ1) is 18.1. The van der Waals surface area contributed by atoms with E-state index in [-0.39, 0.29) is 24.9 Å². The second kappa shape index (κ2) is 6.70. The van der Waals surface area contributed by atoms with E-state index < -0.39 is 30.0 Å². The van der Waals surface area contributed by atoms with Crippen molar-refractivity contribution in [2.24, 2.45) is 11.7 Å². The van der Waals surface area contributed by atoms with Crippen LogP contribution < -0.4 is 10.6 Å². The number of anilines is 1. The number of carbonyl (C=O) groups excluding carboxylic acids is 2. The van der Waals surface area contributed by atoms with Crippen molar-refractivity contribution in [3.8, 4) is 0 Å². The van der Waals surface area contributed by atoms with E-state index >= 15 is 0 Å². The van der Waals surface area contributed by atoms with Crippen LogP contribution in [0.3, 0.4) is 0 Å². The van der Waals surface area contributed by atoms with Crippen molar-refractivity contribution in [2.45, 2.75) is 25.1 Å². The summed E-state index contributed by atoms with van der Waals surface area (Å²) in [6.45, 7) is -0.315. The number of alkyl halides is 3. The molecule has 0 radical (unpaired) electrons. The van der Waals surface area contributed by atoms with Gasteiger partial charge in [-0.05, 0) is 31.0 Å². The van der Waals surface area contributed by atoms with Gasteiger partial charge >= 0.3 is 6.18 Å². The summed E-state index contributed by atoms with van der Waals surface area (Å²) in [5, 5.41) is 0. The molecule has 1 aromatic rings. The molecule has 1 saturated heterocycles. The van der Waals surface area contributed by atoms with E-state index in [9.17, 15) is 22.8 Å². The number of likely N-dealkylation sites (tertiary alicyclic amines) is 1. The number of carbonyl (C=O) groups is 2. The summed E-state index contributed by atoms with van der Waals surface area (Å²) >= 11 is 0. The molecule has 0 aliphatic carbocycles. The average Bonchev–Trinajstić information content (AvgIpc) is 2.52. The highest BCUT2D eigenvalue weighted by molar-refractivity contribution is 5.96. The predicted molar refractivity (Wildman–Crippen MR) is 83.6 cm³/mol. The Balaban J connectivity index is 2.34. The number of hydrogen-bond acceptors (Lipinski definition) is 3. The average molecular weight is 343 g/mol. The summed E-state index contributed by atoms with van der Waals surface area (Å²) in [5.41, 5.74) is 6.08. The van der Waals surface area contributed by atoms with Crippen LogP contribution in [0.25, 0.3) is 0 Å². The summed E-state index contributed by atoms with van der Waals surface area (Å²) < 4.78 is 39.9. The Hall–Kier alpha value is -2.25. The smallest absolute Gasteiger partial charge is 0.378 e. The highest BCUT2D eigenvalue weighted by Gasteiger charge is 2.48. The summed E-state index contributed by atoms with van der Waals surface area (Å²) in [7, 11) is 3.54. The zero-order valence-corrected chi connectivity index (χ0v) is 13.5. The van der Waals surface area contributed by atoms with E-state index in [1.165, 1.54) is 12.1 Å². The fourth-order valence-electron chi connectivity index (χ4n) is 2.85. The molecule has 8 heteroatoms. The zero-order chi connectivity index (χ0) is 18.1. The first-order chi connectivity index (χ1) is 11.1. The summed E-state index contributed by atoms with van der Waals surface area (Å²) in [4.78, 5) is 26.5. The molecule has 5 nitrogen and oxygen atoms in total. The molecule has 24 heavy (non-hydrogen) atoms. The van der Waals surface area contributed by atoms with Gasteiger partial charge in [-0.3, -0.25) is 9.59 Å². The van der Waals surface area contributed by atoms with Crippen molar-refractivity contribution in [1.82, 2.24) is 4.90 Å². The molecule has 0 saturated carbocycles. The molecule has 1 aliphatic rings. The lowest BCUT2D eigenvalue weighted by molar-refractivity contribution is -0.187. The highest BCUT2D eigenvalue weighted by atomic mass is 19.4. The normalized spacial score (nSPS) is 21.5. The molecule has 1 heterocycles. The third-order valence-corrected chi connectivity index (χ3v) is 4.23. The van der Waals surface area contributed by atoms with Crippen LogP contribution in [0.15, 0.2) is 24.3 Å². The van der Waals surface area contributed by atoms with E-state index in [1.807, 2.05) is 0 Å². The van der Waals surface area contributed by atoms with Gasteiger partial charge in [-0.2, -0.15) is 13.2 Å². The van der Waals surface area contributed by atoms with Gasteiger partial charge in [0.05, 0.1) is 5.92 Å². The molecular weight excluding hydrogens is 323 g/mol. The Bertz CT molecular complexity index is 631. The van der Waals surface area contributed by atoms with E-state index in [1.54, 1.807) is 31.1 Å². The van der Waals surface area contributed by atoms with Crippen LogP contribution in [-0.4, -0.2) is 49.6 Å². The van der Waals surface area contributed by atoms with E-state index in [2.05, 4.69) is 0 Å². The first-order valence-electron chi connectivity index (χ1n) is 7.55. The van der Waals surface area contributed by atoms with Gasteiger partial charge < -0.3 is 15.5 Å². The number of nitrogens with two attached hydrogens (primary N) is 1. The van der Waals surface area contributed by atoms with Gasteiger partial charge in [-0.25, -0.2) is 0 Å². The second-order valence-corrected chi connectivity index (χ2v) is 6.14. The fourth-order valence-corrected chi connectivity index (χ4v) is 2.85. The van der Waals surface area contributed by atoms with Gasteiger partial charge in [-0.1, -0.05) is 6.07 Å². The second-order valence-electron chi connectivity index (χ2n) is 6.14. The Morgan fingerprint density at radius 1 is 1.25 bits per heavy atom. The number of benzene rings is 1. The monoisotopic (exact) mass is 343 g/mol. The first-order valence-corrected chi connectivity index (χ1v) is 7.55. The van der Waals surface area contributed by atoms with Crippen LogP contribution in [0.4, 0.5) is 18.9 Å². The molecule has 0 aromatic heterocycles.